The van der Waals surface area contributed by atoms with Crippen LogP contribution >= 0.6 is 15.9 Å². The van der Waals surface area contributed by atoms with E-state index < -0.39 is 0 Å². The van der Waals surface area contributed by atoms with Crippen LogP contribution in [-0.2, 0) is 11.3 Å². The molecule has 0 bridgehead atoms. The van der Waals surface area contributed by atoms with Gasteiger partial charge in [0.15, 0.2) is 0 Å². The lowest BCUT2D eigenvalue weighted by molar-refractivity contribution is 0.00133. The minimum atomic E-state index is 0.218. The summed E-state index contributed by atoms with van der Waals surface area (Å²) in [5.74, 6) is 0.642. The molecule has 0 unspecified atom stereocenters. The van der Waals surface area contributed by atoms with E-state index in [0.717, 1.165) is 29.5 Å². The van der Waals surface area contributed by atoms with Crippen molar-refractivity contribution in [3.8, 4) is 11.4 Å². The maximum atomic E-state index is 5.68. The second-order valence-corrected chi connectivity index (χ2v) is 5.49. The number of rotatable bonds is 3. The summed E-state index contributed by atoms with van der Waals surface area (Å²) in [4.78, 5) is 1.63. The third-order valence-corrected chi connectivity index (χ3v) is 3.90. The van der Waals surface area contributed by atoms with Crippen LogP contribution in [0.3, 0.4) is 0 Å². The quantitative estimate of drug-likeness (QED) is 0.871. The van der Waals surface area contributed by atoms with Crippen LogP contribution in [0.25, 0.3) is 11.4 Å². The van der Waals surface area contributed by atoms with Gasteiger partial charge in [-0.1, -0.05) is 28.1 Å². The molecule has 1 fully saturated rings. The van der Waals surface area contributed by atoms with Crippen molar-refractivity contribution in [2.24, 2.45) is 0 Å². The number of ether oxygens (including phenoxy) is 1. The predicted molar refractivity (Wildman–Crippen MR) is 74.5 cm³/mol. The second-order valence-electron chi connectivity index (χ2n) is 4.64. The van der Waals surface area contributed by atoms with Gasteiger partial charge in [0.1, 0.15) is 0 Å². The van der Waals surface area contributed by atoms with Crippen LogP contribution in [0.5, 0.6) is 0 Å². The number of hydrogen-bond donors (Lipinski definition) is 0. The molecular formula is C13H15BrN4O. The van der Waals surface area contributed by atoms with Gasteiger partial charge >= 0.3 is 0 Å². The summed E-state index contributed by atoms with van der Waals surface area (Å²) in [5, 5.41) is 12.6. The summed E-state index contributed by atoms with van der Waals surface area (Å²) in [6.07, 6.45) is 3.67. The molecule has 2 heterocycles. The van der Waals surface area contributed by atoms with Crippen molar-refractivity contribution in [3.05, 3.63) is 28.7 Å². The molecule has 2 aromatic rings. The molecule has 1 atom stereocenters. The van der Waals surface area contributed by atoms with E-state index in [-0.39, 0.29) is 6.10 Å². The molecule has 1 aromatic carbocycles. The predicted octanol–water partition coefficient (Wildman–Crippen LogP) is 2.67. The average Bonchev–Trinajstić information content (AvgIpc) is 2.89. The fourth-order valence-corrected chi connectivity index (χ4v) is 2.67. The molecule has 0 aliphatic carbocycles. The van der Waals surface area contributed by atoms with Crippen molar-refractivity contribution < 1.29 is 4.74 Å². The molecule has 1 aliphatic heterocycles. The van der Waals surface area contributed by atoms with Crippen molar-refractivity contribution >= 4 is 15.9 Å². The highest BCUT2D eigenvalue weighted by Crippen LogP contribution is 2.24. The molecule has 0 saturated carbocycles. The van der Waals surface area contributed by atoms with Crippen LogP contribution in [0.4, 0.5) is 0 Å². The Morgan fingerprint density at radius 3 is 3.00 bits per heavy atom. The lowest BCUT2D eigenvalue weighted by atomic mass is 10.1. The molecule has 3 rings (SSSR count). The summed E-state index contributed by atoms with van der Waals surface area (Å²) >= 11 is 3.50. The molecule has 0 spiro atoms. The first kappa shape index (κ1) is 12.7. The van der Waals surface area contributed by atoms with Crippen molar-refractivity contribution in [2.75, 3.05) is 6.61 Å². The van der Waals surface area contributed by atoms with Crippen molar-refractivity contribution in [3.63, 3.8) is 0 Å². The fraction of sp³-hybridized carbons (Fsp3) is 0.462. The Morgan fingerprint density at radius 1 is 1.32 bits per heavy atom. The summed E-state index contributed by atoms with van der Waals surface area (Å²) in [5.41, 5.74) is 0.957. The number of hydrogen-bond acceptors (Lipinski definition) is 4. The second kappa shape index (κ2) is 5.79. The Bertz CT molecular complexity index is 551. The van der Waals surface area contributed by atoms with Crippen molar-refractivity contribution in [2.45, 2.75) is 31.9 Å². The smallest absolute Gasteiger partial charge is 0.206 e. The average molecular weight is 323 g/mol. The molecule has 5 nitrogen and oxygen atoms in total. The van der Waals surface area contributed by atoms with E-state index >= 15 is 0 Å². The Morgan fingerprint density at radius 2 is 2.21 bits per heavy atom. The first-order valence-electron chi connectivity index (χ1n) is 6.47. The number of aromatic nitrogens is 4. The highest BCUT2D eigenvalue weighted by Gasteiger charge is 2.16. The molecule has 6 heteroatoms. The molecule has 1 aliphatic rings. The van der Waals surface area contributed by atoms with Gasteiger partial charge in [-0.25, -0.2) is 0 Å². The van der Waals surface area contributed by atoms with Crippen molar-refractivity contribution in [1.29, 1.82) is 0 Å². The van der Waals surface area contributed by atoms with Gasteiger partial charge in [-0.05, 0) is 36.6 Å². The maximum Gasteiger partial charge on any atom is 0.206 e. The van der Waals surface area contributed by atoms with E-state index in [9.17, 15) is 0 Å². The van der Waals surface area contributed by atoms with Crippen LogP contribution in [0.2, 0.25) is 0 Å². The molecule has 1 aromatic heterocycles. The number of nitrogens with zero attached hydrogens (tertiary/aromatic N) is 4. The lowest BCUT2D eigenvalue weighted by Crippen LogP contribution is -2.25. The normalized spacial score (nSPS) is 19.5. The SMILES string of the molecule is Brc1ccccc1-c1nnn(C[C@@H]2CCCCO2)n1. The molecule has 0 amide bonds. The Hall–Kier alpha value is -1.27. The highest BCUT2D eigenvalue weighted by molar-refractivity contribution is 9.10. The van der Waals surface area contributed by atoms with Gasteiger partial charge in [0.05, 0.1) is 12.6 Å². The summed E-state index contributed by atoms with van der Waals surface area (Å²) < 4.78 is 6.66. The monoisotopic (exact) mass is 322 g/mol. The third kappa shape index (κ3) is 3.01. The lowest BCUT2D eigenvalue weighted by Gasteiger charge is -2.21. The van der Waals surface area contributed by atoms with Gasteiger partial charge in [0.25, 0.3) is 0 Å². The molecule has 100 valence electrons. The van der Waals surface area contributed by atoms with Gasteiger partial charge in [-0.3, -0.25) is 0 Å². The van der Waals surface area contributed by atoms with Crippen LogP contribution < -0.4 is 0 Å². The third-order valence-electron chi connectivity index (χ3n) is 3.21. The van der Waals surface area contributed by atoms with Crippen LogP contribution in [0.1, 0.15) is 19.3 Å². The van der Waals surface area contributed by atoms with Crippen LogP contribution in [0, 0.1) is 0 Å². The molecule has 1 saturated heterocycles. The van der Waals surface area contributed by atoms with Crippen LogP contribution in [-0.4, -0.2) is 32.9 Å². The van der Waals surface area contributed by atoms with Gasteiger partial charge in [-0.15, -0.1) is 10.2 Å². The minimum absolute atomic E-state index is 0.218. The zero-order valence-electron chi connectivity index (χ0n) is 10.5. The highest BCUT2D eigenvalue weighted by atomic mass is 79.9. The van der Waals surface area contributed by atoms with E-state index in [1.165, 1.54) is 6.42 Å². The van der Waals surface area contributed by atoms with E-state index in [1.54, 1.807) is 4.80 Å². The summed E-state index contributed by atoms with van der Waals surface area (Å²) in [7, 11) is 0. The minimum Gasteiger partial charge on any atom is -0.376 e. The van der Waals surface area contributed by atoms with Gasteiger partial charge < -0.3 is 4.74 Å². The molecule has 19 heavy (non-hydrogen) atoms. The van der Waals surface area contributed by atoms with E-state index in [1.807, 2.05) is 24.3 Å². The van der Waals surface area contributed by atoms with Gasteiger partial charge in [0.2, 0.25) is 5.82 Å². The first-order chi connectivity index (χ1) is 9.33. The topological polar surface area (TPSA) is 52.8 Å². The maximum absolute atomic E-state index is 5.68. The van der Waals surface area contributed by atoms with Gasteiger partial charge in [-0.2, -0.15) is 4.80 Å². The molecular weight excluding hydrogens is 308 g/mol. The van der Waals surface area contributed by atoms with Crippen molar-refractivity contribution in [1.82, 2.24) is 20.2 Å². The fourth-order valence-electron chi connectivity index (χ4n) is 2.20. The zero-order valence-corrected chi connectivity index (χ0v) is 12.1. The van der Waals surface area contributed by atoms with E-state index in [4.69, 9.17) is 4.74 Å². The number of tetrazole rings is 1. The molecule has 0 N–H and O–H groups in total. The first-order valence-corrected chi connectivity index (χ1v) is 7.26. The summed E-state index contributed by atoms with van der Waals surface area (Å²) in [6.45, 7) is 1.52. The van der Waals surface area contributed by atoms with Gasteiger partial charge in [0, 0.05) is 16.6 Å². The van der Waals surface area contributed by atoms with E-state index in [2.05, 4.69) is 31.3 Å². The van der Waals surface area contributed by atoms with Crippen LogP contribution in [0.15, 0.2) is 28.7 Å². The number of halogens is 1. The zero-order chi connectivity index (χ0) is 13.1. The van der Waals surface area contributed by atoms with E-state index in [0.29, 0.717) is 12.4 Å². The Kier molecular flexibility index (Phi) is 3.89. The Labute approximate surface area is 120 Å². The summed E-state index contributed by atoms with van der Waals surface area (Å²) in [6, 6.07) is 7.88. The largest absolute Gasteiger partial charge is 0.376 e. The Balaban J connectivity index is 1.74. The standard InChI is InChI=1S/C13H15BrN4O/c14-12-7-2-1-6-11(12)13-15-17-18(16-13)9-10-5-3-4-8-19-10/h1-2,6-7,10H,3-5,8-9H2/t10-/m0/s1. The number of benzene rings is 1. The molecule has 0 radical (unpaired) electrons.